The first kappa shape index (κ1) is 50.8. The summed E-state index contributed by atoms with van der Waals surface area (Å²) in [6.45, 7) is 15.9. The Morgan fingerprint density at radius 2 is 0.726 bits per heavy atom. The third kappa shape index (κ3) is 10.8. The molecular weight excluding hydrogens is 939 g/mol. The number of nitrogens with zero attached hydrogens (tertiary/aromatic N) is 7. The Morgan fingerprint density at radius 3 is 1.14 bits per heavy atom. The molecule has 2 aliphatic heterocycles. The van der Waals surface area contributed by atoms with Crippen LogP contribution in [0.3, 0.4) is 0 Å². The van der Waals surface area contributed by atoms with Gasteiger partial charge in [-0.15, -0.1) is 0 Å². The maximum absolute atomic E-state index is 6.65. The van der Waals surface area contributed by atoms with E-state index in [4.69, 9.17) is 70.5 Å². The largest absolute Gasteiger partial charge is 0.493 e. The highest BCUT2D eigenvalue weighted by atomic mass is 32.1. The molecule has 8 bridgehead atoms. The molecule has 0 unspecified atom stereocenters. The number of hydrogen-bond acceptors (Lipinski definition) is 14. The fraction of sp³-hybridized carbons (Fsp3) is 0.421. The third-order valence-electron chi connectivity index (χ3n) is 12.7. The van der Waals surface area contributed by atoms with E-state index in [0.29, 0.717) is 164 Å². The molecule has 4 aromatic carbocycles. The molecule has 0 spiro atoms. The number of isothiocyanates is 1. The zero-order chi connectivity index (χ0) is 50.7. The monoisotopic (exact) mass is 1000 g/mol. The summed E-state index contributed by atoms with van der Waals surface area (Å²) in [6, 6.07) is 17.4. The number of benzene rings is 4. The summed E-state index contributed by atoms with van der Waals surface area (Å²) in [5, 5.41) is 5.31. The number of H-pyrrole nitrogens is 2. The smallest absolute Gasteiger partial charge is 0.168 e. The van der Waals surface area contributed by atoms with Crippen molar-refractivity contribution in [1.29, 1.82) is 0 Å². The lowest BCUT2D eigenvalue weighted by atomic mass is 10.1. The van der Waals surface area contributed by atoms with Crippen molar-refractivity contribution >= 4 is 67.2 Å². The van der Waals surface area contributed by atoms with Crippen molar-refractivity contribution in [3.8, 4) is 80.0 Å². The topological polar surface area (TPSA) is 177 Å². The third-order valence-corrected chi connectivity index (χ3v) is 12.8. The van der Waals surface area contributed by atoms with Crippen molar-refractivity contribution in [3.63, 3.8) is 0 Å². The number of aromatic nitrogens is 8. The summed E-state index contributed by atoms with van der Waals surface area (Å²) in [5.41, 5.74) is 5.19. The Balaban J connectivity index is 1.49. The first-order valence-electron chi connectivity index (χ1n) is 26.3. The van der Waals surface area contributed by atoms with Crippen LogP contribution >= 0.6 is 12.2 Å². The molecule has 7 aromatic rings. The van der Waals surface area contributed by atoms with Gasteiger partial charge in [-0.05, 0) is 105 Å². The van der Waals surface area contributed by atoms with Gasteiger partial charge in [0.15, 0.2) is 23.3 Å². The fourth-order valence-corrected chi connectivity index (χ4v) is 8.90. The van der Waals surface area contributed by atoms with Crippen LogP contribution in [-0.2, 0) is 0 Å². The minimum atomic E-state index is 0.347. The second-order valence-electron chi connectivity index (χ2n) is 18.2. The van der Waals surface area contributed by atoms with Crippen molar-refractivity contribution in [3.05, 3.63) is 54.6 Å². The number of unbranched alkanes of at least 4 members (excludes halogenated alkanes) is 6. The minimum Gasteiger partial charge on any atom is -0.493 e. The molecule has 0 radical (unpaired) electrons. The number of aliphatic imine (C=N–C) groups is 1. The number of hydrogen-bond donors (Lipinski definition) is 2. The van der Waals surface area contributed by atoms with Gasteiger partial charge in [-0.2, -0.15) is 4.99 Å². The highest BCUT2D eigenvalue weighted by Gasteiger charge is 2.31. The summed E-state index contributed by atoms with van der Waals surface area (Å²) in [6.07, 6.45) is 10.9. The Labute approximate surface area is 431 Å². The van der Waals surface area contributed by atoms with Crippen LogP contribution in [-0.4, -0.2) is 84.7 Å². The van der Waals surface area contributed by atoms with Crippen LogP contribution in [0.5, 0.6) is 34.5 Å². The van der Waals surface area contributed by atoms with Gasteiger partial charge in [0.2, 0.25) is 0 Å². The van der Waals surface area contributed by atoms with E-state index in [1.807, 2.05) is 54.6 Å². The van der Waals surface area contributed by atoms with E-state index in [0.717, 1.165) is 82.6 Å². The zero-order valence-corrected chi connectivity index (χ0v) is 43.7. The molecule has 16 heteroatoms. The summed E-state index contributed by atoms with van der Waals surface area (Å²) < 4.78 is 39.7. The van der Waals surface area contributed by atoms with Gasteiger partial charge in [-0.3, -0.25) is 0 Å². The van der Waals surface area contributed by atoms with E-state index in [1.165, 1.54) is 0 Å². The molecule has 0 aliphatic carbocycles. The van der Waals surface area contributed by atoms with Crippen LogP contribution in [0.15, 0.2) is 59.6 Å². The minimum absolute atomic E-state index is 0.347. The van der Waals surface area contributed by atoms with E-state index in [2.05, 4.69) is 61.7 Å². The highest BCUT2D eigenvalue weighted by Crippen LogP contribution is 2.48. The zero-order valence-electron chi connectivity index (χ0n) is 42.9. The second kappa shape index (κ2) is 24.0. The average molecular weight is 1000 g/mol. The standard InChI is InChI=1S/C57H65N9O6S/c1-7-13-27-67-38-21-23-40(69-29-15-9-3)46-44(38)52-60-50-36-20-19-35(58-34-73)33-37(36)51(59-50)61-53-45-39(68-28-14-8-2)22-24-41(70-30-16-10-4)47(45)55(63-53)65-57-49-43(72-32-18-12-6)26-25-42(71-31-17-11-5)48(49)56(66-57)64-54(46)62-52/h19-26,33H,7-18,27-32H2,1-6H3,(H2,59,60,61,62,63,64,65,66). The summed E-state index contributed by atoms with van der Waals surface area (Å²) in [4.78, 5) is 43.9. The van der Waals surface area contributed by atoms with Gasteiger partial charge in [0, 0.05) is 11.1 Å². The summed E-state index contributed by atoms with van der Waals surface area (Å²) >= 11 is 5.07. The van der Waals surface area contributed by atoms with Gasteiger partial charge in [-0.25, -0.2) is 29.9 Å². The normalized spacial score (nSPS) is 11.6. The molecule has 0 saturated carbocycles. The number of fused-ring (bicyclic) bond motifs is 20. The van der Waals surface area contributed by atoms with Crippen LogP contribution in [0.25, 0.3) is 89.7 Å². The molecule has 0 saturated heterocycles. The van der Waals surface area contributed by atoms with Crippen LogP contribution in [0.1, 0.15) is 119 Å². The Hall–Kier alpha value is -7.16. The van der Waals surface area contributed by atoms with Crippen LogP contribution in [0.4, 0.5) is 5.69 Å². The Bertz CT molecular complexity index is 3330. The maximum atomic E-state index is 6.65. The molecule has 3 aromatic heterocycles. The molecule has 73 heavy (non-hydrogen) atoms. The van der Waals surface area contributed by atoms with Gasteiger partial charge in [0.1, 0.15) is 57.1 Å². The lowest BCUT2D eigenvalue weighted by Gasteiger charge is -2.14. The van der Waals surface area contributed by atoms with Crippen LogP contribution in [0, 0.1) is 0 Å². The summed E-state index contributed by atoms with van der Waals surface area (Å²) in [5.74, 6) is 5.21. The molecule has 9 rings (SSSR count). The quantitative estimate of drug-likeness (QED) is 0.0314. The first-order valence-corrected chi connectivity index (χ1v) is 26.7. The second-order valence-corrected chi connectivity index (χ2v) is 18.4. The van der Waals surface area contributed by atoms with E-state index in [1.54, 1.807) is 0 Å². The average Bonchev–Trinajstić information content (AvgIpc) is 4.15. The van der Waals surface area contributed by atoms with Gasteiger partial charge >= 0.3 is 0 Å². The van der Waals surface area contributed by atoms with Gasteiger partial charge in [0.25, 0.3) is 0 Å². The number of nitrogens with one attached hydrogen (secondary N) is 2. The fourth-order valence-electron chi connectivity index (χ4n) is 8.79. The molecule has 0 fully saturated rings. The van der Waals surface area contributed by atoms with E-state index < -0.39 is 0 Å². The predicted molar refractivity (Wildman–Crippen MR) is 293 cm³/mol. The maximum Gasteiger partial charge on any atom is 0.168 e. The van der Waals surface area contributed by atoms with Gasteiger partial charge in [-0.1, -0.05) is 80.1 Å². The SMILES string of the molecule is CCCCOc1ccc(OCCCC)c2c1-c1nc3nc(nc4[nH]c(nc5[nH]c(nc-2n1)c1c(OCCCC)ccc(OCCCC)c51)c1c(OCCCC)ccc(OCCCC)c41)-c1ccc(N=C=S)cc1-3. The Kier molecular flexibility index (Phi) is 16.7. The molecule has 380 valence electrons. The van der Waals surface area contributed by atoms with E-state index in [9.17, 15) is 0 Å². The van der Waals surface area contributed by atoms with Crippen molar-refractivity contribution in [2.45, 2.75) is 119 Å². The molecule has 2 N–H and O–H groups in total. The van der Waals surface area contributed by atoms with Crippen molar-refractivity contribution in [2.75, 3.05) is 39.6 Å². The summed E-state index contributed by atoms with van der Waals surface area (Å²) in [7, 11) is 0. The Morgan fingerprint density at radius 1 is 0.397 bits per heavy atom. The number of rotatable bonds is 25. The van der Waals surface area contributed by atoms with Gasteiger partial charge in [0.05, 0.1) is 83.2 Å². The molecule has 2 aliphatic rings. The number of thiocarbonyl (C=S) groups is 1. The lowest BCUT2D eigenvalue weighted by molar-refractivity contribution is 0.303. The molecular formula is C57H65N9O6S. The van der Waals surface area contributed by atoms with Gasteiger partial charge < -0.3 is 38.4 Å². The molecule has 15 nitrogen and oxygen atoms in total. The highest BCUT2D eigenvalue weighted by molar-refractivity contribution is 7.78. The van der Waals surface area contributed by atoms with E-state index >= 15 is 0 Å². The molecule has 0 atom stereocenters. The molecule has 0 amide bonds. The van der Waals surface area contributed by atoms with Crippen molar-refractivity contribution < 1.29 is 28.4 Å². The van der Waals surface area contributed by atoms with Crippen molar-refractivity contribution in [2.24, 2.45) is 4.99 Å². The number of ether oxygens (including phenoxy) is 6. The predicted octanol–water partition coefficient (Wildman–Crippen LogP) is 14.7. The first-order chi connectivity index (χ1) is 35.9. The van der Waals surface area contributed by atoms with Crippen LogP contribution in [0.2, 0.25) is 0 Å². The van der Waals surface area contributed by atoms with E-state index in [-0.39, 0.29) is 0 Å². The van der Waals surface area contributed by atoms with Crippen LogP contribution < -0.4 is 28.4 Å². The lowest BCUT2D eigenvalue weighted by Crippen LogP contribution is -2.02. The molecule has 5 heterocycles. The van der Waals surface area contributed by atoms with Crippen molar-refractivity contribution in [1.82, 2.24) is 39.9 Å². The number of aromatic amines is 2.